The number of unbranched alkanes of at least 4 members (excludes halogenated alkanes) is 7. The summed E-state index contributed by atoms with van der Waals surface area (Å²) in [5.41, 5.74) is 5.17. The minimum atomic E-state index is -4.25. The fraction of sp³-hybridized carbons (Fsp3) is 0.720. The number of carbonyl (C=O) groups is 1. The topological polar surface area (TPSA) is 128 Å². The first kappa shape index (κ1) is 32.7. The number of aliphatic hydroxyl groups is 1. The van der Waals surface area contributed by atoms with Crippen molar-refractivity contribution < 1.29 is 33.1 Å². The molecule has 0 saturated carbocycles. The summed E-state index contributed by atoms with van der Waals surface area (Å²) >= 11 is 0. The van der Waals surface area contributed by atoms with Crippen molar-refractivity contribution in [3.8, 4) is 0 Å². The summed E-state index contributed by atoms with van der Waals surface area (Å²) in [4.78, 5) is 21.0. The highest BCUT2D eigenvalue weighted by Crippen LogP contribution is 2.42. The van der Waals surface area contributed by atoms with E-state index in [9.17, 15) is 19.4 Å². The molecule has 0 spiro atoms. The first-order valence-corrected chi connectivity index (χ1v) is 14.0. The quantitative estimate of drug-likeness (QED) is 0.0736. The lowest BCUT2D eigenvalue weighted by atomic mass is 10.1. The number of hydrogen-bond donors (Lipinski definition) is 3. The minimum absolute atomic E-state index is 0.0694. The van der Waals surface area contributed by atoms with E-state index >= 15 is 0 Å². The molecule has 0 aromatic rings. The number of hydrogen-bond acceptors (Lipinski definition) is 7. The number of ether oxygens (including phenoxy) is 1. The fourth-order valence-corrected chi connectivity index (χ4v) is 3.64. The van der Waals surface area contributed by atoms with E-state index in [1.807, 2.05) is 0 Å². The van der Waals surface area contributed by atoms with E-state index in [2.05, 4.69) is 52.4 Å². The lowest BCUT2D eigenvalue weighted by molar-refractivity contribution is -0.147. The Bertz CT molecular complexity index is 622. The Morgan fingerprint density at radius 3 is 2.09 bits per heavy atom. The Kier molecular flexibility index (Phi) is 22.6. The van der Waals surface area contributed by atoms with E-state index < -0.39 is 26.5 Å². The highest BCUT2D eigenvalue weighted by atomic mass is 31.2. The molecule has 1 unspecified atom stereocenters. The monoisotopic (exact) mass is 503 g/mol. The van der Waals surface area contributed by atoms with Crippen molar-refractivity contribution in [2.75, 3.05) is 26.4 Å². The van der Waals surface area contributed by atoms with Gasteiger partial charge >= 0.3 is 13.8 Å². The SMILES string of the molecule is CCCCC/C=C/C/C=C/C/C=C/CCCCCCC(=O)OC[C@@H](O)COP(=O)(O)OCCN. The van der Waals surface area contributed by atoms with Gasteiger partial charge in [0.15, 0.2) is 0 Å². The van der Waals surface area contributed by atoms with Gasteiger partial charge in [0.2, 0.25) is 0 Å². The van der Waals surface area contributed by atoms with Gasteiger partial charge in [-0.25, -0.2) is 4.57 Å². The van der Waals surface area contributed by atoms with Crippen LogP contribution in [-0.2, 0) is 23.1 Å². The molecule has 2 atom stereocenters. The van der Waals surface area contributed by atoms with E-state index in [0.717, 1.165) is 44.9 Å². The van der Waals surface area contributed by atoms with E-state index in [1.165, 1.54) is 25.7 Å². The van der Waals surface area contributed by atoms with Crippen LogP contribution in [-0.4, -0.2) is 48.4 Å². The van der Waals surface area contributed by atoms with Crippen LogP contribution < -0.4 is 5.73 Å². The van der Waals surface area contributed by atoms with E-state index in [0.29, 0.717) is 0 Å². The first-order chi connectivity index (χ1) is 16.4. The van der Waals surface area contributed by atoms with Crippen molar-refractivity contribution >= 4 is 13.8 Å². The van der Waals surface area contributed by atoms with Crippen molar-refractivity contribution in [3.05, 3.63) is 36.5 Å². The first-order valence-electron chi connectivity index (χ1n) is 12.5. The lowest BCUT2D eigenvalue weighted by Gasteiger charge is -2.15. The van der Waals surface area contributed by atoms with Crippen molar-refractivity contribution in [2.24, 2.45) is 5.73 Å². The van der Waals surface area contributed by atoms with Gasteiger partial charge in [0, 0.05) is 13.0 Å². The number of carbonyl (C=O) groups excluding carboxylic acids is 1. The van der Waals surface area contributed by atoms with E-state index in [1.54, 1.807) is 0 Å². The normalized spacial score (nSPS) is 14.8. The summed E-state index contributed by atoms with van der Waals surface area (Å²) in [6.45, 7) is 1.37. The molecule has 0 radical (unpaired) electrons. The Morgan fingerprint density at radius 1 is 0.882 bits per heavy atom. The van der Waals surface area contributed by atoms with Crippen molar-refractivity contribution in [3.63, 3.8) is 0 Å². The second-order valence-corrected chi connectivity index (χ2v) is 9.51. The molecule has 0 saturated heterocycles. The number of nitrogens with two attached hydrogens (primary N) is 1. The molecule has 0 fully saturated rings. The maximum absolute atomic E-state index is 11.7. The molecule has 0 heterocycles. The molecule has 0 aliphatic carbocycles. The maximum Gasteiger partial charge on any atom is 0.472 e. The predicted octanol–water partition coefficient (Wildman–Crippen LogP) is 5.35. The summed E-state index contributed by atoms with van der Waals surface area (Å²) < 4.78 is 25.5. The minimum Gasteiger partial charge on any atom is -0.463 e. The van der Waals surface area contributed by atoms with Crippen molar-refractivity contribution in [1.29, 1.82) is 0 Å². The number of phosphoric acid groups is 1. The molecule has 34 heavy (non-hydrogen) atoms. The van der Waals surface area contributed by atoms with Gasteiger partial charge in [-0.3, -0.25) is 13.8 Å². The largest absolute Gasteiger partial charge is 0.472 e. The molecule has 198 valence electrons. The molecule has 9 heteroatoms. The highest BCUT2D eigenvalue weighted by Gasteiger charge is 2.22. The molecule has 0 aromatic carbocycles. The second-order valence-electron chi connectivity index (χ2n) is 8.06. The van der Waals surface area contributed by atoms with Gasteiger partial charge in [-0.05, 0) is 44.9 Å². The van der Waals surface area contributed by atoms with Crippen molar-refractivity contribution in [2.45, 2.75) is 90.1 Å². The molecule has 4 N–H and O–H groups in total. The summed E-state index contributed by atoms with van der Waals surface area (Å²) in [5.74, 6) is -0.409. The van der Waals surface area contributed by atoms with Crippen LogP contribution in [0, 0.1) is 0 Å². The highest BCUT2D eigenvalue weighted by molar-refractivity contribution is 7.47. The fourth-order valence-electron chi connectivity index (χ4n) is 2.87. The Balaban J connectivity index is 3.58. The van der Waals surface area contributed by atoms with Crippen LogP contribution in [0.1, 0.15) is 84.0 Å². The molecular formula is C25H46NO7P. The van der Waals surface area contributed by atoms with Gasteiger partial charge in [0.05, 0.1) is 13.2 Å². The van der Waals surface area contributed by atoms with E-state index in [-0.39, 0.29) is 26.2 Å². The number of allylic oxidation sites excluding steroid dienone is 6. The Hall–Kier alpha value is -1.28. The van der Waals surface area contributed by atoms with Gasteiger partial charge in [-0.2, -0.15) is 0 Å². The molecule has 0 aliphatic rings. The van der Waals surface area contributed by atoms with Gasteiger partial charge in [0.25, 0.3) is 0 Å². The number of esters is 1. The van der Waals surface area contributed by atoms with Gasteiger partial charge < -0.3 is 20.5 Å². The Morgan fingerprint density at radius 2 is 1.47 bits per heavy atom. The molecule has 0 amide bonds. The van der Waals surface area contributed by atoms with E-state index in [4.69, 9.17) is 10.5 Å². The third-order valence-corrected chi connectivity index (χ3v) is 5.74. The van der Waals surface area contributed by atoms with Crippen LogP contribution in [0.5, 0.6) is 0 Å². The zero-order valence-corrected chi connectivity index (χ0v) is 21.7. The van der Waals surface area contributed by atoms with Gasteiger partial charge in [0.1, 0.15) is 12.7 Å². The van der Waals surface area contributed by atoms with Crippen molar-refractivity contribution in [1.82, 2.24) is 0 Å². The maximum atomic E-state index is 11.7. The van der Waals surface area contributed by atoms with Crippen LogP contribution in [0.25, 0.3) is 0 Å². The Labute approximate surface area is 205 Å². The molecular weight excluding hydrogens is 457 g/mol. The number of rotatable bonds is 23. The average molecular weight is 504 g/mol. The molecule has 0 bridgehead atoms. The van der Waals surface area contributed by atoms with Crippen LogP contribution in [0.15, 0.2) is 36.5 Å². The van der Waals surface area contributed by atoms with Crippen LogP contribution >= 0.6 is 7.82 Å². The molecule has 0 aliphatic heterocycles. The molecule has 0 rings (SSSR count). The lowest BCUT2D eigenvalue weighted by Crippen LogP contribution is -2.23. The standard InChI is InChI=1S/C25H46NO7P/c1-2-3-4-5-6-7-8-9-10-11-12-13-14-15-16-17-18-19-25(28)31-22-24(27)23-33-34(29,30)32-21-20-26/h6-7,9-10,12-13,24,27H,2-5,8,11,14-23,26H2,1H3,(H,29,30)/b7-6+,10-9+,13-12+/t24-/m1/s1. The zero-order chi connectivity index (χ0) is 25.3. The second kappa shape index (κ2) is 23.5. The smallest absolute Gasteiger partial charge is 0.463 e. The summed E-state index contributed by atoms with van der Waals surface area (Å²) in [7, 11) is -4.25. The summed E-state index contributed by atoms with van der Waals surface area (Å²) in [6, 6.07) is 0. The zero-order valence-electron chi connectivity index (χ0n) is 20.8. The molecule has 0 aromatic heterocycles. The van der Waals surface area contributed by atoms with Crippen LogP contribution in [0.2, 0.25) is 0 Å². The summed E-state index contributed by atoms with van der Waals surface area (Å²) in [5, 5.41) is 9.68. The third-order valence-electron chi connectivity index (χ3n) is 4.76. The number of aliphatic hydroxyl groups excluding tert-OH is 1. The van der Waals surface area contributed by atoms with Gasteiger partial charge in [-0.1, -0.05) is 69.1 Å². The average Bonchev–Trinajstić information content (AvgIpc) is 2.82. The number of phosphoric ester groups is 1. The van der Waals surface area contributed by atoms with Crippen LogP contribution in [0.4, 0.5) is 0 Å². The van der Waals surface area contributed by atoms with Crippen LogP contribution in [0.3, 0.4) is 0 Å². The van der Waals surface area contributed by atoms with Gasteiger partial charge in [-0.15, -0.1) is 0 Å². The molecule has 8 nitrogen and oxygen atoms in total. The predicted molar refractivity (Wildman–Crippen MR) is 136 cm³/mol. The summed E-state index contributed by atoms with van der Waals surface area (Å²) in [6.07, 6.45) is 24.2. The third kappa shape index (κ3) is 23.9.